The van der Waals surface area contributed by atoms with Crippen LogP contribution in [0.3, 0.4) is 0 Å². The van der Waals surface area contributed by atoms with Gasteiger partial charge in [0.25, 0.3) is 0 Å². The molecule has 110 valence electrons. The number of ether oxygens (including phenoxy) is 1. The summed E-state index contributed by atoms with van der Waals surface area (Å²) in [6, 6.07) is 7.40. The van der Waals surface area contributed by atoms with Gasteiger partial charge in [0, 0.05) is 24.5 Å². The quantitative estimate of drug-likeness (QED) is 0.850. The molecule has 0 saturated carbocycles. The Morgan fingerprint density at radius 1 is 1.33 bits per heavy atom. The molecule has 0 atom stereocenters. The molecule has 1 amide bonds. The first kappa shape index (κ1) is 14.9. The highest BCUT2D eigenvalue weighted by Crippen LogP contribution is 2.24. The van der Waals surface area contributed by atoms with E-state index in [1.807, 2.05) is 13.0 Å². The Kier molecular flexibility index (Phi) is 5.22. The number of nitrogens with zero attached hydrogens (tertiary/aromatic N) is 2. The fourth-order valence-corrected chi connectivity index (χ4v) is 1.76. The van der Waals surface area contributed by atoms with Gasteiger partial charge in [-0.3, -0.25) is 4.79 Å². The van der Waals surface area contributed by atoms with Gasteiger partial charge >= 0.3 is 6.01 Å². The van der Waals surface area contributed by atoms with Crippen molar-refractivity contribution in [3.05, 3.63) is 42.2 Å². The van der Waals surface area contributed by atoms with Crippen LogP contribution in [0.15, 0.2) is 36.7 Å². The van der Waals surface area contributed by atoms with Crippen molar-refractivity contribution in [1.29, 1.82) is 0 Å². The van der Waals surface area contributed by atoms with Gasteiger partial charge in [0.05, 0.1) is 0 Å². The lowest BCUT2D eigenvalue weighted by atomic mass is 10.2. The predicted molar refractivity (Wildman–Crippen MR) is 80.2 cm³/mol. The lowest BCUT2D eigenvalue weighted by Gasteiger charge is -2.10. The maximum absolute atomic E-state index is 11.7. The Morgan fingerprint density at radius 2 is 2.10 bits per heavy atom. The molecule has 0 spiro atoms. The molecular weight excluding hydrogens is 268 g/mol. The average molecular weight is 286 g/mol. The fraction of sp³-hybridized carbons (Fsp3) is 0.267. The summed E-state index contributed by atoms with van der Waals surface area (Å²) < 4.78 is 5.53. The van der Waals surface area contributed by atoms with Crippen molar-refractivity contribution in [2.24, 2.45) is 5.73 Å². The van der Waals surface area contributed by atoms with Gasteiger partial charge in [-0.05, 0) is 49.7 Å². The van der Waals surface area contributed by atoms with E-state index in [4.69, 9.17) is 10.5 Å². The highest BCUT2D eigenvalue weighted by molar-refractivity contribution is 5.91. The second kappa shape index (κ2) is 7.35. The molecule has 21 heavy (non-hydrogen) atoms. The minimum absolute atomic E-state index is 0.0383. The smallest absolute Gasteiger partial charge is 0.321 e. The molecule has 2 aromatic rings. The summed E-state index contributed by atoms with van der Waals surface area (Å²) in [5, 5.41) is 2.85. The molecule has 3 N–H and O–H groups in total. The summed E-state index contributed by atoms with van der Waals surface area (Å²) in [4.78, 5) is 19.7. The molecule has 0 unspecified atom stereocenters. The molecule has 0 saturated heterocycles. The Bertz CT molecular complexity index is 602. The summed E-state index contributed by atoms with van der Waals surface area (Å²) in [7, 11) is 0. The van der Waals surface area contributed by atoms with E-state index in [0.29, 0.717) is 25.1 Å². The predicted octanol–water partition coefficient (Wildman–Crippen LogP) is 2.25. The van der Waals surface area contributed by atoms with Crippen molar-refractivity contribution < 1.29 is 9.53 Å². The van der Waals surface area contributed by atoms with Crippen molar-refractivity contribution in [1.82, 2.24) is 9.97 Å². The highest BCUT2D eigenvalue weighted by Gasteiger charge is 2.06. The summed E-state index contributed by atoms with van der Waals surface area (Å²) in [6.45, 7) is 2.41. The summed E-state index contributed by atoms with van der Waals surface area (Å²) in [5.41, 5.74) is 7.05. The highest BCUT2D eigenvalue weighted by atomic mass is 16.5. The van der Waals surface area contributed by atoms with Gasteiger partial charge in [-0.1, -0.05) is 0 Å². The fourth-order valence-electron chi connectivity index (χ4n) is 1.76. The van der Waals surface area contributed by atoms with E-state index in [1.165, 1.54) is 0 Å². The van der Waals surface area contributed by atoms with E-state index in [1.54, 1.807) is 30.6 Å². The third-order valence-electron chi connectivity index (χ3n) is 2.83. The molecule has 6 heteroatoms. The number of hydrogen-bond donors (Lipinski definition) is 2. The minimum atomic E-state index is -0.0383. The van der Waals surface area contributed by atoms with Crippen molar-refractivity contribution in [2.45, 2.75) is 19.8 Å². The Morgan fingerprint density at radius 3 is 2.76 bits per heavy atom. The number of nitrogens with one attached hydrogen (secondary N) is 1. The van der Waals surface area contributed by atoms with Gasteiger partial charge in [-0.15, -0.1) is 0 Å². The van der Waals surface area contributed by atoms with Crippen molar-refractivity contribution in [2.75, 3.05) is 11.9 Å². The maximum Gasteiger partial charge on any atom is 0.321 e. The monoisotopic (exact) mass is 286 g/mol. The van der Waals surface area contributed by atoms with Crippen LogP contribution >= 0.6 is 0 Å². The van der Waals surface area contributed by atoms with Gasteiger partial charge in [0.1, 0.15) is 5.75 Å². The van der Waals surface area contributed by atoms with Crippen molar-refractivity contribution in [3.8, 4) is 11.8 Å². The normalized spacial score (nSPS) is 10.2. The summed E-state index contributed by atoms with van der Waals surface area (Å²) >= 11 is 0. The number of anilines is 1. The third kappa shape index (κ3) is 4.54. The minimum Gasteiger partial charge on any atom is -0.424 e. The van der Waals surface area contributed by atoms with Crippen LogP contribution in [-0.2, 0) is 4.79 Å². The van der Waals surface area contributed by atoms with Gasteiger partial charge in [0.2, 0.25) is 5.91 Å². The van der Waals surface area contributed by atoms with E-state index < -0.39 is 0 Å². The molecule has 1 aromatic heterocycles. The third-order valence-corrected chi connectivity index (χ3v) is 2.83. The van der Waals surface area contributed by atoms with Crippen LogP contribution in [0, 0.1) is 6.92 Å². The standard InChI is InChI=1S/C15H18N4O2/c1-11-10-12(21-15-17-8-3-9-18-15)5-6-13(11)19-14(20)4-2-7-16/h3,5-6,8-10H,2,4,7,16H2,1H3,(H,19,20). The lowest BCUT2D eigenvalue weighted by molar-refractivity contribution is -0.116. The molecule has 0 bridgehead atoms. The van der Waals surface area contributed by atoms with Crippen molar-refractivity contribution >= 4 is 11.6 Å². The first-order chi connectivity index (χ1) is 10.2. The largest absolute Gasteiger partial charge is 0.424 e. The van der Waals surface area contributed by atoms with Crippen molar-refractivity contribution in [3.63, 3.8) is 0 Å². The van der Waals surface area contributed by atoms with Crippen LogP contribution in [0.2, 0.25) is 0 Å². The van der Waals surface area contributed by atoms with Gasteiger partial charge in [0.15, 0.2) is 0 Å². The number of benzene rings is 1. The summed E-state index contributed by atoms with van der Waals surface area (Å²) in [6.07, 6.45) is 4.33. The molecule has 0 aliphatic heterocycles. The SMILES string of the molecule is Cc1cc(Oc2ncccn2)ccc1NC(=O)CCCN. The first-order valence-corrected chi connectivity index (χ1v) is 6.74. The second-order valence-electron chi connectivity index (χ2n) is 4.55. The molecule has 0 radical (unpaired) electrons. The molecule has 0 aliphatic rings. The molecular formula is C15H18N4O2. The van der Waals surface area contributed by atoms with Gasteiger partial charge in [-0.25, -0.2) is 9.97 Å². The Balaban J connectivity index is 2.02. The molecule has 1 heterocycles. The van der Waals surface area contributed by atoms with E-state index in [-0.39, 0.29) is 11.9 Å². The Hall–Kier alpha value is -2.47. The number of aromatic nitrogens is 2. The molecule has 0 aliphatic carbocycles. The number of carbonyl (C=O) groups excluding carboxylic acids is 1. The lowest BCUT2D eigenvalue weighted by Crippen LogP contribution is -2.14. The zero-order valence-corrected chi connectivity index (χ0v) is 11.9. The van der Waals surface area contributed by atoms with E-state index in [9.17, 15) is 4.79 Å². The molecule has 6 nitrogen and oxygen atoms in total. The number of hydrogen-bond acceptors (Lipinski definition) is 5. The van der Waals surface area contributed by atoms with Crippen LogP contribution in [-0.4, -0.2) is 22.4 Å². The number of amides is 1. The van der Waals surface area contributed by atoms with Crippen LogP contribution in [0.1, 0.15) is 18.4 Å². The van der Waals surface area contributed by atoms with Crippen LogP contribution in [0.25, 0.3) is 0 Å². The number of rotatable bonds is 6. The van der Waals surface area contributed by atoms with Crippen LogP contribution in [0.4, 0.5) is 5.69 Å². The zero-order valence-electron chi connectivity index (χ0n) is 11.9. The van der Waals surface area contributed by atoms with E-state index in [2.05, 4.69) is 15.3 Å². The Labute approximate surface area is 123 Å². The van der Waals surface area contributed by atoms with Gasteiger partial charge < -0.3 is 15.8 Å². The van der Waals surface area contributed by atoms with Crippen LogP contribution in [0.5, 0.6) is 11.8 Å². The van der Waals surface area contributed by atoms with Gasteiger partial charge in [-0.2, -0.15) is 0 Å². The van der Waals surface area contributed by atoms with E-state index in [0.717, 1.165) is 11.3 Å². The number of aryl methyl sites for hydroxylation is 1. The number of nitrogens with two attached hydrogens (primary N) is 1. The average Bonchev–Trinajstić information content (AvgIpc) is 2.49. The second-order valence-corrected chi connectivity index (χ2v) is 4.55. The first-order valence-electron chi connectivity index (χ1n) is 6.74. The van der Waals surface area contributed by atoms with E-state index >= 15 is 0 Å². The summed E-state index contributed by atoms with van der Waals surface area (Å²) in [5.74, 6) is 0.585. The molecule has 1 aromatic carbocycles. The zero-order chi connectivity index (χ0) is 15.1. The van der Waals surface area contributed by atoms with Crippen LogP contribution < -0.4 is 15.8 Å². The molecule has 0 fully saturated rings. The number of carbonyl (C=O) groups is 1. The maximum atomic E-state index is 11.7. The molecule has 2 rings (SSSR count). The topological polar surface area (TPSA) is 90.1 Å².